The van der Waals surface area contributed by atoms with Gasteiger partial charge in [0.2, 0.25) is 0 Å². The SMILES string of the molecule is CCNc1ccc(Cl)c(C(=O)N(C)CC(F)F)n1. The van der Waals surface area contributed by atoms with Gasteiger partial charge in [0.05, 0.1) is 11.6 Å². The Balaban J connectivity index is 2.93. The second-order valence-electron chi connectivity index (χ2n) is 3.63. The normalized spacial score (nSPS) is 10.6. The maximum absolute atomic E-state index is 12.2. The number of nitrogens with zero attached hydrogens (tertiary/aromatic N) is 2. The molecule has 1 N–H and O–H groups in total. The molecule has 0 unspecified atom stereocenters. The average molecular weight is 278 g/mol. The predicted molar refractivity (Wildman–Crippen MR) is 66.4 cm³/mol. The number of alkyl halides is 2. The summed E-state index contributed by atoms with van der Waals surface area (Å²) < 4.78 is 24.4. The molecule has 1 heterocycles. The Hall–Kier alpha value is -1.43. The Bertz CT molecular complexity index is 429. The van der Waals surface area contributed by atoms with Crippen molar-refractivity contribution in [1.29, 1.82) is 0 Å². The topological polar surface area (TPSA) is 45.2 Å². The van der Waals surface area contributed by atoms with E-state index in [9.17, 15) is 13.6 Å². The average Bonchev–Trinajstić information content (AvgIpc) is 2.30. The lowest BCUT2D eigenvalue weighted by atomic mass is 10.3. The van der Waals surface area contributed by atoms with Crippen LogP contribution in [0, 0.1) is 0 Å². The molecule has 0 radical (unpaired) electrons. The van der Waals surface area contributed by atoms with Crippen LogP contribution in [0.3, 0.4) is 0 Å². The molecule has 100 valence electrons. The molecular formula is C11H14ClF2N3O. The fourth-order valence-corrected chi connectivity index (χ4v) is 1.53. The number of carbonyl (C=O) groups excluding carboxylic acids is 1. The minimum atomic E-state index is -2.59. The van der Waals surface area contributed by atoms with Crippen molar-refractivity contribution in [2.24, 2.45) is 0 Å². The number of aromatic nitrogens is 1. The van der Waals surface area contributed by atoms with Crippen molar-refractivity contribution in [3.63, 3.8) is 0 Å². The smallest absolute Gasteiger partial charge is 0.274 e. The Morgan fingerprint density at radius 3 is 2.78 bits per heavy atom. The summed E-state index contributed by atoms with van der Waals surface area (Å²) in [7, 11) is 1.28. The van der Waals surface area contributed by atoms with E-state index in [0.29, 0.717) is 12.4 Å². The standard InChI is InChI=1S/C11H14ClF2N3O/c1-3-15-9-5-4-7(12)10(16-9)11(18)17(2)6-8(13)14/h4-5,8H,3,6H2,1-2H3,(H,15,16). The number of carbonyl (C=O) groups is 1. The first kappa shape index (κ1) is 14.6. The van der Waals surface area contributed by atoms with E-state index >= 15 is 0 Å². The highest BCUT2D eigenvalue weighted by atomic mass is 35.5. The third-order valence-electron chi connectivity index (χ3n) is 2.17. The lowest BCUT2D eigenvalue weighted by molar-refractivity contribution is 0.0615. The first-order valence-corrected chi connectivity index (χ1v) is 5.77. The van der Waals surface area contributed by atoms with Crippen LogP contribution in [0.15, 0.2) is 12.1 Å². The van der Waals surface area contributed by atoms with Crippen LogP contribution < -0.4 is 5.32 Å². The number of rotatable bonds is 5. The third-order valence-corrected chi connectivity index (χ3v) is 2.47. The van der Waals surface area contributed by atoms with Crippen LogP contribution in [0.4, 0.5) is 14.6 Å². The van der Waals surface area contributed by atoms with E-state index in [4.69, 9.17) is 11.6 Å². The van der Waals surface area contributed by atoms with E-state index in [0.717, 1.165) is 4.90 Å². The number of hydrogen-bond donors (Lipinski definition) is 1. The van der Waals surface area contributed by atoms with Gasteiger partial charge in [-0.25, -0.2) is 13.8 Å². The lowest BCUT2D eigenvalue weighted by Crippen LogP contribution is -2.32. The van der Waals surface area contributed by atoms with Crippen LogP contribution in [0.1, 0.15) is 17.4 Å². The number of hydrogen-bond acceptors (Lipinski definition) is 3. The highest BCUT2D eigenvalue weighted by Gasteiger charge is 2.20. The van der Waals surface area contributed by atoms with Crippen molar-refractivity contribution in [3.8, 4) is 0 Å². The van der Waals surface area contributed by atoms with E-state index in [1.807, 2.05) is 6.92 Å². The quantitative estimate of drug-likeness (QED) is 0.899. The lowest BCUT2D eigenvalue weighted by Gasteiger charge is -2.17. The Labute approximate surface area is 109 Å². The van der Waals surface area contributed by atoms with Gasteiger partial charge < -0.3 is 10.2 Å². The van der Waals surface area contributed by atoms with Crippen molar-refractivity contribution in [3.05, 3.63) is 22.8 Å². The molecule has 4 nitrogen and oxygen atoms in total. The largest absolute Gasteiger partial charge is 0.370 e. The van der Waals surface area contributed by atoms with Crippen molar-refractivity contribution < 1.29 is 13.6 Å². The summed E-state index contributed by atoms with van der Waals surface area (Å²) in [5.74, 6) is -0.143. The molecule has 1 aromatic heterocycles. The van der Waals surface area contributed by atoms with Crippen molar-refractivity contribution in [2.45, 2.75) is 13.3 Å². The van der Waals surface area contributed by atoms with Gasteiger partial charge >= 0.3 is 0 Å². The molecule has 0 aliphatic heterocycles. The molecule has 0 spiro atoms. The van der Waals surface area contributed by atoms with Gasteiger partial charge in [0, 0.05) is 13.6 Å². The Morgan fingerprint density at radius 1 is 1.56 bits per heavy atom. The van der Waals surface area contributed by atoms with Gasteiger partial charge in [-0.2, -0.15) is 0 Å². The number of nitrogens with one attached hydrogen (secondary N) is 1. The summed E-state index contributed by atoms with van der Waals surface area (Å²) in [6.45, 7) is 1.86. The molecule has 0 aliphatic rings. The van der Waals surface area contributed by atoms with Gasteiger partial charge in [0.1, 0.15) is 11.5 Å². The van der Waals surface area contributed by atoms with Gasteiger partial charge in [-0.15, -0.1) is 0 Å². The zero-order valence-electron chi connectivity index (χ0n) is 10.1. The van der Waals surface area contributed by atoms with Gasteiger partial charge in [-0.1, -0.05) is 11.6 Å². The summed E-state index contributed by atoms with van der Waals surface area (Å²) in [4.78, 5) is 16.8. The molecule has 18 heavy (non-hydrogen) atoms. The highest BCUT2D eigenvalue weighted by Crippen LogP contribution is 2.18. The minimum Gasteiger partial charge on any atom is -0.370 e. The molecule has 7 heteroatoms. The van der Waals surface area contributed by atoms with Crippen molar-refractivity contribution in [1.82, 2.24) is 9.88 Å². The van der Waals surface area contributed by atoms with E-state index in [-0.39, 0.29) is 10.7 Å². The van der Waals surface area contributed by atoms with Crippen LogP contribution in [-0.2, 0) is 0 Å². The minimum absolute atomic E-state index is 0.0294. The van der Waals surface area contributed by atoms with Crippen LogP contribution in [0.5, 0.6) is 0 Å². The predicted octanol–water partition coefficient (Wildman–Crippen LogP) is 2.50. The molecule has 1 amide bonds. The molecule has 1 rings (SSSR count). The zero-order valence-corrected chi connectivity index (χ0v) is 10.8. The van der Waals surface area contributed by atoms with Crippen LogP contribution in [0.2, 0.25) is 5.02 Å². The highest BCUT2D eigenvalue weighted by molar-refractivity contribution is 6.33. The third kappa shape index (κ3) is 3.80. The maximum atomic E-state index is 12.2. The monoisotopic (exact) mass is 277 g/mol. The van der Waals surface area contributed by atoms with E-state index in [1.54, 1.807) is 6.07 Å². The molecule has 0 saturated heterocycles. The Kier molecular flexibility index (Phi) is 5.27. The summed E-state index contributed by atoms with van der Waals surface area (Å²) in [6, 6.07) is 3.13. The van der Waals surface area contributed by atoms with Gasteiger partial charge in [0.25, 0.3) is 12.3 Å². The van der Waals surface area contributed by atoms with Crippen LogP contribution in [0.25, 0.3) is 0 Å². The second-order valence-corrected chi connectivity index (χ2v) is 4.04. The first-order chi connectivity index (χ1) is 8.45. The first-order valence-electron chi connectivity index (χ1n) is 5.39. The summed E-state index contributed by atoms with van der Waals surface area (Å²) in [5.41, 5.74) is -0.0294. The molecule has 0 atom stereocenters. The molecule has 0 fully saturated rings. The fraction of sp³-hybridized carbons (Fsp3) is 0.455. The van der Waals surface area contributed by atoms with E-state index < -0.39 is 18.9 Å². The molecule has 0 saturated carbocycles. The number of amides is 1. The summed E-state index contributed by atoms with van der Waals surface area (Å²) in [6.07, 6.45) is -2.59. The zero-order chi connectivity index (χ0) is 13.7. The molecular weight excluding hydrogens is 264 g/mol. The van der Waals surface area contributed by atoms with E-state index in [1.165, 1.54) is 13.1 Å². The number of halogens is 3. The molecule has 0 bridgehead atoms. The maximum Gasteiger partial charge on any atom is 0.274 e. The van der Waals surface area contributed by atoms with Crippen molar-refractivity contribution in [2.75, 3.05) is 25.5 Å². The number of anilines is 1. The van der Waals surface area contributed by atoms with Gasteiger partial charge in [-0.05, 0) is 19.1 Å². The van der Waals surface area contributed by atoms with Crippen LogP contribution in [-0.4, -0.2) is 42.4 Å². The van der Waals surface area contributed by atoms with E-state index in [2.05, 4.69) is 10.3 Å². The molecule has 0 aliphatic carbocycles. The summed E-state index contributed by atoms with van der Waals surface area (Å²) >= 11 is 5.85. The van der Waals surface area contributed by atoms with Crippen LogP contribution >= 0.6 is 11.6 Å². The van der Waals surface area contributed by atoms with Crippen molar-refractivity contribution >= 4 is 23.3 Å². The second kappa shape index (κ2) is 6.49. The van der Waals surface area contributed by atoms with Gasteiger partial charge in [0.15, 0.2) is 0 Å². The molecule has 0 aromatic carbocycles. The van der Waals surface area contributed by atoms with Gasteiger partial charge in [-0.3, -0.25) is 4.79 Å². The molecule has 1 aromatic rings. The number of pyridine rings is 1. The Morgan fingerprint density at radius 2 is 2.22 bits per heavy atom. The summed E-state index contributed by atoms with van der Waals surface area (Å²) in [5, 5.41) is 3.06. The fourth-order valence-electron chi connectivity index (χ4n) is 1.34.